The SMILES string of the molecule is CCc1cc2c(N3CCN(Cc4cc(F)ccc4OC)CC3)nc(Cc3ccccc3)nc2s1. The number of benzene rings is 2. The minimum Gasteiger partial charge on any atom is -0.496 e. The van der Waals surface area contributed by atoms with Gasteiger partial charge >= 0.3 is 0 Å². The fourth-order valence-corrected chi connectivity index (χ4v) is 5.48. The van der Waals surface area contributed by atoms with E-state index < -0.39 is 0 Å². The van der Waals surface area contributed by atoms with E-state index in [-0.39, 0.29) is 5.82 Å². The van der Waals surface area contributed by atoms with E-state index in [1.165, 1.54) is 16.5 Å². The van der Waals surface area contributed by atoms with Gasteiger partial charge in [-0.2, -0.15) is 0 Å². The van der Waals surface area contributed by atoms with Crippen molar-refractivity contribution in [2.24, 2.45) is 0 Å². The van der Waals surface area contributed by atoms with Gasteiger partial charge in [-0.15, -0.1) is 11.3 Å². The number of aryl methyl sites for hydroxylation is 1. The molecule has 0 atom stereocenters. The third-order valence-electron chi connectivity index (χ3n) is 6.33. The summed E-state index contributed by atoms with van der Waals surface area (Å²) in [5, 5.41) is 1.15. The number of nitrogens with zero attached hydrogens (tertiary/aromatic N) is 4. The molecule has 0 N–H and O–H groups in total. The van der Waals surface area contributed by atoms with Gasteiger partial charge in [0.2, 0.25) is 0 Å². The zero-order chi connectivity index (χ0) is 23.5. The number of aromatic nitrogens is 2. The summed E-state index contributed by atoms with van der Waals surface area (Å²) in [5.74, 6) is 2.41. The van der Waals surface area contributed by atoms with E-state index in [0.29, 0.717) is 6.54 Å². The predicted molar refractivity (Wildman–Crippen MR) is 136 cm³/mol. The van der Waals surface area contributed by atoms with Crippen molar-refractivity contribution in [3.8, 4) is 5.75 Å². The number of fused-ring (bicyclic) bond motifs is 1. The molecule has 176 valence electrons. The first-order valence-electron chi connectivity index (χ1n) is 11.8. The van der Waals surface area contributed by atoms with Crippen LogP contribution in [0.4, 0.5) is 10.2 Å². The molecule has 3 heterocycles. The average molecular weight is 477 g/mol. The lowest BCUT2D eigenvalue weighted by Gasteiger charge is -2.36. The van der Waals surface area contributed by atoms with Crippen LogP contribution < -0.4 is 9.64 Å². The number of piperazine rings is 1. The molecule has 0 radical (unpaired) electrons. The van der Waals surface area contributed by atoms with E-state index in [2.05, 4.69) is 47.1 Å². The molecule has 1 fully saturated rings. The molecule has 1 aliphatic rings. The Hall–Kier alpha value is -3.03. The van der Waals surface area contributed by atoms with Gasteiger partial charge in [0, 0.05) is 49.6 Å². The number of anilines is 1. The van der Waals surface area contributed by atoms with E-state index in [9.17, 15) is 4.39 Å². The summed E-state index contributed by atoms with van der Waals surface area (Å²) in [6, 6.07) is 17.4. The van der Waals surface area contributed by atoms with E-state index in [1.807, 2.05) is 6.07 Å². The number of methoxy groups -OCH3 is 1. The minimum atomic E-state index is -0.229. The molecule has 5 rings (SSSR count). The number of thiophene rings is 1. The summed E-state index contributed by atoms with van der Waals surface area (Å²) < 4.78 is 19.2. The van der Waals surface area contributed by atoms with Gasteiger partial charge in [0.25, 0.3) is 0 Å². The molecule has 1 aliphatic heterocycles. The van der Waals surface area contributed by atoms with Crippen LogP contribution >= 0.6 is 11.3 Å². The molecule has 0 aliphatic carbocycles. The fraction of sp³-hybridized carbons (Fsp3) is 0.333. The molecule has 1 saturated heterocycles. The van der Waals surface area contributed by atoms with Crippen LogP contribution in [0.3, 0.4) is 0 Å². The molecule has 0 bridgehead atoms. The molecular formula is C27H29FN4OS. The van der Waals surface area contributed by atoms with Crippen LogP contribution in [0.2, 0.25) is 0 Å². The van der Waals surface area contributed by atoms with Crippen molar-refractivity contribution < 1.29 is 9.13 Å². The lowest BCUT2D eigenvalue weighted by Crippen LogP contribution is -2.46. The number of hydrogen-bond donors (Lipinski definition) is 0. The Kier molecular flexibility index (Phi) is 6.74. The van der Waals surface area contributed by atoms with E-state index in [1.54, 1.807) is 30.6 Å². The topological polar surface area (TPSA) is 41.5 Å². The first-order valence-corrected chi connectivity index (χ1v) is 12.6. The Morgan fingerprint density at radius 2 is 1.79 bits per heavy atom. The summed E-state index contributed by atoms with van der Waals surface area (Å²) in [5.41, 5.74) is 2.10. The van der Waals surface area contributed by atoms with Crippen molar-refractivity contribution in [2.45, 2.75) is 26.3 Å². The second kappa shape index (κ2) is 10.1. The third-order valence-corrected chi connectivity index (χ3v) is 7.50. The highest BCUT2D eigenvalue weighted by Gasteiger charge is 2.23. The van der Waals surface area contributed by atoms with Crippen LogP contribution in [-0.2, 0) is 19.4 Å². The number of ether oxygens (including phenoxy) is 1. The molecule has 0 saturated carbocycles. The molecule has 0 spiro atoms. The quantitative estimate of drug-likeness (QED) is 0.361. The van der Waals surface area contributed by atoms with Gasteiger partial charge < -0.3 is 9.64 Å². The van der Waals surface area contributed by atoms with Crippen LogP contribution in [0, 0.1) is 5.82 Å². The van der Waals surface area contributed by atoms with Gasteiger partial charge in [0.1, 0.15) is 28.0 Å². The number of halogens is 1. The Bertz CT molecular complexity index is 1270. The molecule has 2 aromatic heterocycles. The lowest BCUT2D eigenvalue weighted by molar-refractivity contribution is 0.245. The number of hydrogen-bond acceptors (Lipinski definition) is 6. The van der Waals surface area contributed by atoms with Crippen molar-refractivity contribution in [1.29, 1.82) is 0 Å². The highest BCUT2D eigenvalue weighted by molar-refractivity contribution is 7.18. The van der Waals surface area contributed by atoms with Crippen molar-refractivity contribution in [1.82, 2.24) is 14.9 Å². The van der Waals surface area contributed by atoms with Gasteiger partial charge in [-0.1, -0.05) is 37.3 Å². The molecule has 5 nitrogen and oxygen atoms in total. The maximum Gasteiger partial charge on any atom is 0.141 e. The lowest BCUT2D eigenvalue weighted by atomic mass is 10.1. The Morgan fingerprint density at radius 3 is 2.53 bits per heavy atom. The largest absolute Gasteiger partial charge is 0.496 e. The summed E-state index contributed by atoms with van der Waals surface area (Å²) in [6.45, 7) is 6.35. The van der Waals surface area contributed by atoms with Crippen molar-refractivity contribution in [3.05, 3.63) is 82.2 Å². The van der Waals surface area contributed by atoms with Crippen molar-refractivity contribution in [3.63, 3.8) is 0 Å². The van der Waals surface area contributed by atoms with E-state index in [0.717, 1.165) is 72.2 Å². The van der Waals surface area contributed by atoms with Crippen molar-refractivity contribution in [2.75, 3.05) is 38.2 Å². The highest BCUT2D eigenvalue weighted by Crippen LogP contribution is 2.32. The van der Waals surface area contributed by atoms with Gasteiger partial charge in [0.15, 0.2) is 0 Å². The minimum absolute atomic E-state index is 0.229. The summed E-state index contributed by atoms with van der Waals surface area (Å²) in [6.07, 6.45) is 1.72. The maximum atomic E-state index is 13.8. The molecule has 0 unspecified atom stereocenters. The van der Waals surface area contributed by atoms with Gasteiger partial charge in [-0.25, -0.2) is 14.4 Å². The molecule has 2 aromatic carbocycles. The highest BCUT2D eigenvalue weighted by atomic mass is 32.1. The average Bonchev–Trinajstić information content (AvgIpc) is 3.28. The van der Waals surface area contributed by atoms with Crippen LogP contribution in [0.15, 0.2) is 54.6 Å². The summed E-state index contributed by atoms with van der Waals surface area (Å²) >= 11 is 1.77. The first-order chi connectivity index (χ1) is 16.6. The smallest absolute Gasteiger partial charge is 0.141 e. The zero-order valence-corrected chi connectivity index (χ0v) is 20.4. The Labute approximate surface area is 203 Å². The normalized spacial score (nSPS) is 14.6. The monoisotopic (exact) mass is 476 g/mol. The molecule has 4 aromatic rings. The zero-order valence-electron chi connectivity index (χ0n) is 19.6. The summed E-state index contributed by atoms with van der Waals surface area (Å²) in [4.78, 5) is 17.1. The van der Waals surface area contributed by atoms with Crippen LogP contribution in [0.1, 0.15) is 28.8 Å². The fourth-order valence-electron chi connectivity index (χ4n) is 4.50. The predicted octanol–water partition coefficient (Wildman–Crippen LogP) is 5.31. The first kappa shape index (κ1) is 22.7. The van der Waals surface area contributed by atoms with Crippen LogP contribution in [-0.4, -0.2) is 48.2 Å². The van der Waals surface area contributed by atoms with Gasteiger partial charge in [-0.3, -0.25) is 4.90 Å². The third kappa shape index (κ3) is 4.91. The van der Waals surface area contributed by atoms with E-state index >= 15 is 0 Å². The van der Waals surface area contributed by atoms with Crippen LogP contribution in [0.5, 0.6) is 5.75 Å². The second-order valence-corrected chi connectivity index (χ2v) is 9.75. The van der Waals surface area contributed by atoms with Gasteiger partial charge in [0.05, 0.1) is 12.5 Å². The number of rotatable bonds is 7. The molecular weight excluding hydrogens is 447 g/mol. The Morgan fingerprint density at radius 1 is 1.00 bits per heavy atom. The standard InChI is InChI=1S/C27H29FN4OS/c1-3-22-17-23-26(29-25(30-27(23)34-22)15-19-7-5-4-6-8-19)32-13-11-31(12-14-32)18-20-16-21(28)9-10-24(20)33-2/h4-10,16-17H,3,11-15,18H2,1-2H3. The van der Waals surface area contributed by atoms with Crippen LogP contribution in [0.25, 0.3) is 10.2 Å². The van der Waals surface area contributed by atoms with E-state index in [4.69, 9.17) is 14.7 Å². The van der Waals surface area contributed by atoms with Crippen molar-refractivity contribution >= 4 is 27.4 Å². The second-order valence-electron chi connectivity index (χ2n) is 8.63. The molecule has 0 amide bonds. The summed E-state index contributed by atoms with van der Waals surface area (Å²) in [7, 11) is 1.63. The maximum absolute atomic E-state index is 13.8. The Balaban J connectivity index is 1.37. The molecule has 34 heavy (non-hydrogen) atoms. The molecule has 7 heteroatoms. The van der Waals surface area contributed by atoms with Gasteiger partial charge in [-0.05, 0) is 36.2 Å².